The normalized spacial score (nSPS) is 24.9. The molecule has 1 aromatic carbocycles. The number of halogens is 4. The van der Waals surface area contributed by atoms with Crippen LogP contribution in [0.1, 0.15) is 24.8 Å². The van der Waals surface area contributed by atoms with Gasteiger partial charge in [-0.3, -0.25) is 4.79 Å². The van der Waals surface area contributed by atoms with Gasteiger partial charge in [-0.2, -0.15) is 13.2 Å². The number of aromatic hydroxyl groups is 1. The van der Waals surface area contributed by atoms with Crippen molar-refractivity contribution in [2.75, 3.05) is 11.9 Å². The molecule has 4 heterocycles. The molecule has 2 aliphatic heterocycles. The van der Waals surface area contributed by atoms with Gasteiger partial charge in [0.05, 0.1) is 23.2 Å². The lowest BCUT2D eigenvalue weighted by atomic mass is 9.96. The number of anilines is 1. The highest BCUT2D eigenvalue weighted by molar-refractivity contribution is 5.85. The highest BCUT2D eigenvalue weighted by atomic mass is 19.4. The Balaban J connectivity index is 1.45. The van der Waals surface area contributed by atoms with Crippen molar-refractivity contribution in [2.24, 2.45) is 0 Å². The third kappa shape index (κ3) is 3.67. The van der Waals surface area contributed by atoms with Crippen molar-refractivity contribution >= 4 is 16.8 Å². The second-order valence-corrected chi connectivity index (χ2v) is 8.39. The summed E-state index contributed by atoms with van der Waals surface area (Å²) in [5.41, 5.74) is -2.92. The Kier molecular flexibility index (Phi) is 5.00. The lowest BCUT2D eigenvalue weighted by Gasteiger charge is -2.38. The van der Waals surface area contributed by atoms with Gasteiger partial charge in [-0.25, -0.2) is 9.37 Å². The van der Waals surface area contributed by atoms with Crippen LogP contribution in [-0.2, 0) is 6.18 Å². The van der Waals surface area contributed by atoms with Crippen molar-refractivity contribution in [3.05, 3.63) is 40.4 Å². The first-order valence-electron chi connectivity index (χ1n) is 10.3. The van der Waals surface area contributed by atoms with E-state index in [9.17, 15) is 27.5 Å². The Morgan fingerprint density at radius 3 is 2.73 bits per heavy atom. The van der Waals surface area contributed by atoms with E-state index in [0.29, 0.717) is 18.5 Å². The summed E-state index contributed by atoms with van der Waals surface area (Å²) in [5, 5.41) is 21.3. The zero-order valence-corrected chi connectivity index (χ0v) is 17.3. The zero-order valence-electron chi connectivity index (χ0n) is 17.3. The van der Waals surface area contributed by atoms with Gasteiger partial charge < -0.3 is 19.7 Å². The minimum Gasteiger partial charge on any atom is -0.507 e. The number of nitrogens with zero attached hydrogens (tertiary/aromatic N) is 4. The number of phenolic OH excluding ortho intramolecular Hbond substituents is 1. The molecule has 12 heteroatoms. The van der Waals surface area contributed by atoms with E-state index >= 15 is 0 Å². The van der Waals surface area contributed by atoms with Gasteiger partial charge in [-0.1, -0.05) is 0 Å². The second-order valence-electron chi connectivity index (χ2n) is 8.39. The number of hydrogen-bond acceptors (Lipinski definition) is 8. The van der Waals surface area contributed by atoms with Gasteiger partial charge in [0, 0.05) is 19.1 Å². The fraction of sp³-hybridized carbons (Fsp3) is 0.429. The van der Waals surface area contributed by atoms with Crippen molar-refractivity contribution < 1.29 is 27.1 Å². The van der Waals surface area contributed by atoms with Gasteiger partial charge in [-0.05, 0) is 31.4 Å². The molecule has 8 nitrogen and oxygen atoms in total. The van der Waals surface area contributed by atoms with E-state index in [0.717, 1.165) is 18.9 Å². The minimum atomic E-state index is -4.88. The van der Waals surface area contributed by atoms with E-state index in [1.54, 1.807) is 11.9 Å². The van der Waals surface area contributed by atoms with Crippen LogP contribution >= 0.6 is 0 Å². The van der Waals surface area contributed by atoms with Crippen LogP contribution in [0.2, 0.25) is 0 Å². The molecular weight excluding hydrogens is 446 g/mol. The van der Waals surface area contributed by atoms with E-state index in [-0.39, 0.29) is 35.1 Å². The van der Waals surface area contributed by atoms with Crippen LogP contribution in [0.4, 0.5) is 23.4 Å². The average molecular weight is 465 g/mol. The van der Waals surface area contributed by atoms with Crippen molar-refractivity contribution in [1.29, 1.82) is 0 Å². The zero-order chi connectivity index (χ0) is 23.5. The molecule has 0 saturated carbocycles. The minimum absolute atomic E-state index is 0.0235. The number of aromatic nitrogens is 3. The third-order valence-corrected chi connectivity index (χ3v) is 6.40. The maximum Gasteiger partial charge on any atom is 0.423 e. The number of fused-ring (bicyclic) bond motifs is 3. The quantitative estimate of drug-likeness (QED) is 0.569. The fourth-order valence-electron chi connectivity index (χ4n) is 4.61. The van der Waals surface area contributed by atoms with Gasteiger partial charge in [0.1, 0.15) is 29.3 Å². The molecule has 2 aromatic heterocycles. The van der Waals surface area contributed by atoms with E-state index in [1.807, 2.05) is 0 Å². The molecule has 174 valence electrons. The van der Waals surface area contributed by atoms with E-state index in [1.165, 1.54) is 12.3 Å². The van der Waals surface area contributed by atoms with E-state index in [2.05, 4.69) is 20.5 Å². The molecule has 2 N–H and O–H groups in total. The highest BCUT2D eigenvalue weighted by Gasteiger charge is 2.44. The van der Waals surface area contributed by atoms with Crippen molar-refractivity contribution in [2.45, 2.75) is 49.7 Å². The first-order chi connectivity index (χ1) is 15.6. The maximum absolute atomic E-state index is 14.8. The van der Waals surface area contributed by atoms with E-state index in [4.69, 9.17) is 4.42 Å². The molecular formula is C21H19F4N5O3. The lowest BCUT2D eigenvalue weighted by molar-refractivity contribution is -0.139. The van der Waals surface area contributed by atoms with Gasteiger partial charge in [-0.15, -0.1) is 10.2 Å². The molecule has 2 unspecified atom stereocenters. The molecule has 2 saturated heterocycles. The van der Waals surface area contributed by atoms with Gasteiger partial charge in [0.15, 0.2) is 11.6 Å². The van der Waals surface area contributed by atoms with Crippen LogP contribution in [0, 0.1) is 0 Å². The molecule has 2 aliphatic rings. The summed E-state index contributed by atoms with van der Waals surface area (Å²) in [6.07, 6.45) is -1.88. The molecule has 2 bridgehead atoms. The number of nitrogens with one attached hydrogen (secondary N) is 1. The number of piperidine rings is 1. The Morgan fingerprint density at radius 1 is 1.24 bits per heavy atom. The largest absolute Gasteiger partial charge is 0.507 e. The lowest BCUT2D eigenvalue weighted by Crippen LogP contribution is -2.55. The average Bonchev–Trinajstić information content (AvgIpc) is 3.19. The Labute approximate surface area is 184 Å². The molecule has 33 heavy (non-hydrogen) atoms. The number of benzene rings is 1. The predicted octanol–water partition coefficient (Wildman–Crippen LogP) is 3.04. The summed E-state index contributed by atoms with van der Waals surface area (Å²) in [6, 6.07) is 1.76. The Bertz CT molecular complexity index is 1260. The summed E-state index contributed by atoms with van der Waals surface area (Å²) < 4.78 is 58.7. The number of hydrogen-bond donors (Lipinski definition) is 2. The number of phenols is 1. The standard InChI is InChI=1S/C21H19F4N5O3/c1-30(14-4-9-2-3-13(27-9)18(14)22)17-7-26-20(29-28-17)10-6-16-11(5-15(10)31)19(32)12(8-33-16)21(23,24)25/h5-9,13-14,18,27,31H,2-4H2,1H3/t9?,13?,14-,18+/m1/s1. The van der Waals surface area contributed by atoms with Crippen LogP contribution in [0.3, 0.4) is 0 Å². The predicted molar refractivity (Wildman–Crippen MR) is 110 cm³/mol. The first kappa shape index (κ1) is 21.6. The maximum atomic E-state index is 14.8. The van der Waals surface area contributed by atoms with Gasteiger partial charge >= 0.3 is 6.18 Å². The first-order valence-corrected chi connectivity index (χ1v) is 10.3. The number of rotatable bonds is 3. The van der Waals surface area contributed by atoms with Crippen LogP contribution < -0.4 is 15.6 Å². The fourth-order valence-corrected chi connectivity index (χ4v) is 4.61. The molecule has 2 fully saturated rings. The van der Waals surface area contributed by atoms with Gasteiger partial charge in [0.2, 0.25) is 5.43 Å². The molecule has 0 radical (unpaired) electrons. The molecule has 4 atom stereocenters. The summed E-state index contributed by atoms with van der Waals surface area (Å²) in [5.74, 6) is -0.193. The second kappa shape index (κ2) is 7.65. The molecule has 5 rings (SSSR count). The molecule has 3 aromatic rings. The summed E-state index contributed by atoms with van der Waals surface area (Å²) in [7, 11) is 1.72. The monoisotopic (exact) mass is 465 g/mol. The van der Waals surface area contributed by atoms with Crippen molar-refractivity contribution in [3.63, 3.8) is 0 Å². The van der Waals surface area contributed by atoms with E-state index < -0.39 is 34.5 Å². The third-order valence-electron chi connectivity index (χ3n) is 6.40. The molecule has 0 amide bonds. The van der Waals surface area contributed by atoms with Crippen LogP contribution in [0.5, 0.6) is 5.75 Å². The highest BCUT2D eigenvalue weighted by Crippen LogP contribution is 2.35. The van der Waals surface area contributed by atoms with Crippen molar-refractivity contribution in [3.8, 4) is 17.1 Å². The topological polar surface area (TPSA) is 104 Å². The van der Waals surface area contributed by atoms with Gasteiger partial charge in [0.25, 0.3) is 0 Å². The molecule has 0 aliphatic carbocycles. The summed E-state index contributed by atoms with van der Waals surface area (Å²) in [4.78, 5) is 18.0. The van der Waals surface area contributed by atoms with Crippen LogP contribution in [0.25, 0.3) is 22.4 Å². The number of alkyl halides is 4. The molecule has 0 spiro atoms. The smallest absolute Gasteiger partial charge is 0.423 e. The summed E-state index contributed by atoms with van der Waals surface area (Å²) in [6.45, 7) is 0. The van der Waals surface area contributed by atoms with Crippen molar-refractivity contribution in [1.82, 2.24) is 20.5 Å². The van der Waals surface area contributed by atoms with Crippen LogP contribution in [0.15, 0.2) is 33.8 Å². The Morgan fingerprint density at radius 2 is 2.03 bits per heavy atom. The Hall–Kier alpha value is -3.28. The summed E-state index contributed by atoms with van der Waals surface area (Å²) >= 11 is 0. The SMILES string of the molecule is CN(c1cnc(-c2cc3occ(C(F)(F)F)c(=O)c3cc2O)nn1)[C@@H]1CC2CCC(N2)[C@@H]1F. The van der Waals surface area contributed by atoms with Crippen LogP contribution in [-0.4, -0.2) is 51.6 Å².